The molecule has 0 aromatic heterocycles. The van der Waals surface area contributed by atoms with E-state index in [0.29, 0.717) is 32.5 Å². The van der Waals surface area contributed by atoms with E-state index in [1.165, 1.54) is 9.80 Å². The third kappa shape index (κ3) is 2.45. The predicted molar refractivity (Wildman–Crippen MR) is 59.7 cm³/mol. The van der Waals surface area contributed by atoms with Gasteiger partial charge in [0, 0.05) is 26.7 Å². The standard InChI is InChI=1S/C11H16N2O5/c1-12-4-5-13(10(15)9(12)14)6-7-2-3-8(18-7)11(16)17/h7-8H,2-6H2,1H3,(H,16,17). The minimum Gasteiger partial charge on any atom is -0.479 e. The summed E-state index contributed by atoms with van der Waals surface area (Å²) in [6.45, 7) is 1.26. The number of carbonyl (C=O) groups is 3. The van der Waals surface area contributed by atoms with Crippen molar-refractivity contribution in [3.63, 3.8) is 0 Å². The van der Waals surface area contributed by atoms with Crippen LogP contribution in [0.3, 0.4) is 0 Å². The van der Waals surface area contributed by atoms with Crippen LogP contribution < -0.4 is 0 Å². The summed E-state index contributed by atoms with van der Waals surface area (Å²) in [5.74, 6) is -2.03. The molecule has 2 atom stereocenters. The first-order chi connectivity index (χ1) is 8.49. The van der Waals surface area contributed by atoms with Gasteiger partial charge in [0.15, 0.2) is 6.10 Å². The summed E-state index contributed by atoms with van der Waals surface area (Å²) in [4.78, 5) is 36.7. The normalized spacial score (nSPS) is 28.9. The van der Waals surface area contributed by atoms with Gasteiger partial charge in [0.05, 0.1) is 6.10 Å². The van der Waals surface area contributed by atoms with Crippen molar-refractivity contribution in [3.8, 4) is 0 Å². The van der Waals surface area contributed by atoms with Crippen molar-refractivity contribution in [1.82, 2.24) is 9.80 Å². The molecule has 2 fully saturated rings. The number of aliphatic carboxylic acids is 1. The molecule has 7 nitrogen and oxygen atoms in total. The largest absolute Gasteiger partial charge is 0.479 e. The van der Waals surface area contributed by atoms with Gasteiger partial charge in [-0.15, -0.1) is 0 Å². The van der Waals surface area contributed by atoms with E-state index in [9.17, 15) is 14.4 Å². The maximum absolute atomic E-state index is 11.7. The second-order valence-electron chi connectivity index (χ2n) is 4.64. The Hall–Kier alpha value is -1.63. The molecule has 0 bridgehead atoms. The highest BCUT2D eigenvalue weighted by molar-refractivity contribution is 6.35. The Morgan fingerprint density at radius 1 is 1.33 bits per heavy atom. The number of carboxylic acids is 1. The lowest BCUT2D eigenvalue weighted by Crippen LogP contribution is -2.54. The van der Waals surface area contributed by atoms with Gasteiger partial charge in [0.25, 0.3) is 0 Å². The highest BCUT2D eigenvalue weighted by Crippen LogP contribution is 2.21. The van der Waals surface area contributed by atoms with Crippen LogP contribution in [-0.4, -0.2) is 71.6 Å². The highest BCUT2D eigenvalue weighted by Gasteiger charge is 2.36. The van der Waals surface area contributed by atoms with Gasteiger partial charge in [-0.2, -0.15) is 0 Å². The summed E-state index contributed by atoms with van der Waals surface area (Å²) >= 11 is 0. The Bertz CT molecular complexity index is 384. The zero-order valence-corrected chi connectivity index (χ0v) is 10.2. The summed E-state index contributed by atoms with van der Waals surface area (Å²) in [6, 6.07) is 0. The number of carbonyl (C=O) groups excluding carboxylic acids is 2. The number of rotatable bonds is 3. The lowest BCUT2D eigenvalue weighted by Gasteiger charge is -2.32. The van der Waals surface area contributed by atoms with Crippen molar-refractivity contribution in [2.75, 3.05) is 26.7 Å². The summed E-state index contributed by atoms with van der Waals surface area (Å²) < 4.78 is 5.32. The first kappa shape index (κ1) is 12.8. The molecular formula is C11H16N2O5. The summed E-state index contributed by atoms with van der Waals surface area (Å²) in [5.41, 5.74) is 0. The average molecular weight is 256 g/mol. The van der Waals surface area contributed by atoms with Crippen LogP contribution in [0.1, 0.15) is 12.8 Å². The topological polar surface area (TPSA) is 87.2 Å². The molecule has 2 unspecified atom stereocenters. The zero-order chi connectivity index (χ0) is 13.3. The van der Waals surface area contributed by atoms with Gasteiger partial charge in [-0.1, -0.05) is 0 Å². The van der Waals surface area contributed by atoms with Crippen LogP contribution in [0.25, 0.3) is 0 Å². The second kappa shape index (κ2) is 4.93. The van der Waals surface area contributed by atoms with E-state index < -0.39 is 23.9 Å². The van der Waals surface area contributed by atoms with Crippen LogP contribution in [0.5, 0.6) is 0 Å². The number of amides is 2. The van der Waals surface area contributed by atoms with E-state index >= 15 is 0 Å². The molecule has 0 aromatic carbocycles. The Morgan fingerprint density at radius 2 is 2.06 bits per heavy atom. The van der Waals surface area contributed by atoms with Crippen LogP contribution >= 0.6 is 0 Å². The first-order valence-electron chi connectivity index (χ1n) is 5.91. The molecular weight excluding hydrogens is 240 g/mol. The molecule has 0 saturated carbocycles. The number of likely N-dealkylation sites (N-methyl/N-ethyl adjacent to an activating group) is 1. The number of hydrogen-bond donors (Lipinski definition) is 1. The van der Waals surface area contributed by atoms with Crippen molar-refractivity contribution >= 4 is 17.8 Å². The van der Waals surface area contributed by atoms with Gasteiger partial charge in [0.2, 0.25) is 0 Å². The molecule has 2 rings (SSSR count). The quantitative estimate of drug-likeness (QED) is 0.649. The lowest BCUT2D eigenvalue weighted by molar-refractivity contribution is -0.157. The predicted octanol–water partition coefficient (Wildman–Crippen LogP) is -1.08. The minimum absolute atomic E-state index is 0.286. The number of piperazine rings is 1. The average Bonchev–Trinajstić information content (AvgIpc) is 2.79. The van der Waals surface area contributed by atoms with Crippen LogP contribution in [-0.2, 0) is 19.1 Å². The maximum atomic E-state index is 11.7. The molecule has 2 aliphatic heterocycles. The summed E-state index contributed by atoms with van der Waals surface area (Å²) in [7, 11) is 1.59. The van der Waals surface area contributed by atoms with Gasteiger partial charge >= 0.3 is 17.8 Å². The summed E-state index contributed by atoms with van der Waals surface area (Å²) in [5, 5.41) is 8.80. The van der Waals surface area contributed by atoms with Crippen LogP contribution in [0.2, 0.25) is 0 Å². The van der Waals surface area contributed by atoms with Crippen molar-refractivity contribution in [3.05, 3.63) is 0 Å². The lowest BCUT2D eigenvalue weighted by atomic mass is 10.2. The molecule has 0 spiro atoms. The molecule has 1 N–H and O–H groups in total. The molecule has 0 radical (unpaired) electrons. The molecule has 18 heavy (non-hydrogen) atoms. The molecule has 0 aliphatic carbocycles. The Kier molecular flexibility index (Phi) is 3.51. The molecule has 2 aliphatic rings. The van der Waals surface area contributed by atoms with E-state index in [2.05, 4.69) is 0 Å². The maximum Gasteiger partial charge on any atom is 0.332 e. The van der Waals surface area contributed by atoms with E-state index in [4.69, 9.17) is 9.84 Å². The molecule has 100 valence electrons. The number of carboxylic acid groups (broad SMARTS) is 1. The van der Waals surface area contributed by atoms with Gasteiger partial charge in [-0.3, -0.25) is 9.59 Å². The number of hydrogen-bond acceptors (Lipinski definition) is 4. The summed E-state index contributed by atoms with van der Waals surface area (Å²) in [6.07, 6.45) is -0.0137. The van der Waals surface area contributed by atoms with E-state index in [0.717, 1.165) is 0 Å². The number of ether oxygens (including phenoxy) is 1. The van der Waals surface area contributed by atoms with Gasteiger partial charge in [-0.05, 0) is 12.8 Å². The van der Waals surface area contributed by atoms with Crippen LogP contribution in [0.15, 0.2) is 0 Å². The molecule has 2 amide bonds. The van der Waals surface area contributed by atoms with Gasteiger partial charge < -0.3 is 19.6 Å². The van der Waals surface area contributed by atoms with Crippen molar-refractivity contribution in [2.45, 2.75) is 25.0 Å². The van der Waals surface area contributed by atoms with Gasteiger partial charge in [-0.25, -0.2) is 4.79 Å². The fraction of sp³-hybridized carbons (Fsp3) is 0.727. The van der Waals surface area contributed by atoms with Crippen LogP contribution in [0.4, 0.5) is 0 Å². The highest BCUT2D eigenvalue weighted by atomic mass is 16.5. The number of nitrogens with zero attached hydrogens (tertiary/aromatic N) is 2. The Morgan fingerprint density at radius 3 is 2.67 bits per heavy atom. The molecule has 0 aromatic rings. The van der Waals surface area contributed by atoms with Crippen molar-refractivity contribution < 1.29 is 24.2 Å². The molecule has 2 saturated heterocycles. The van der Waals surface area contributed by atoms with Crippen molar-refractivity contribution in [1.29, 1.82) is 0 Å². The van der Waals surface area contributed by atoms with Crippen molar-refractivity contribution in [2.24, 2.45) is 0 Å². The Labute approximate surface area is 104 Å². The van der Waals surface area contributed by atoms with Crippen LogP contribution in [0, 0.1) is 0 Å². The third-order valence-corrected chi connectivity index (χ3v) is 3.33. The smallest absolute Gasteiger partial charge is 0.332 e. The zero-order valence-electron chi connectivity index (χ0n) is 10.2. The van der Waals surface area contributed by atoms with E-state index in [1.807, 2.05) is 0 Å². The monoisotopic (exact) mass is 256 g/mol. The minimum atomic E-state index is -0.974. The van der Waals surface area contributed by atoms with Gasteiger partial charge in [0.1, 0.15) is 0 Å². The fourth-order valence-corrected chi connectivity index (χ4v) is 2.21. The molecule has 7 heteroatoms. The fourth-order valence-electron chi connectivity index (χ4n) is 2.21. The third-order valence-electron chi connectivity index (χ3n) is 3.33. The second-order valence-corrected chi connectivity index (χ2v) is 4.64. The van der Waals surface area contributed by atoms with E-state index in [-0.39, 0.29) is 6.10 Å². The Balaban J connectivity index is 1.89. The van der Waals surface area contributed by atoms with E-state index in [1.54, 1.807) is 7.05 Å². The molecule has 2 heterocycles. The SMILES string of the molecule is CN1CCN(CC2CCC(C(=O)O)O2)C(=O)C1=O. The first-order valence-corrected chi connectivity index (χ1v) is 5.91.